The maximum Gasteiger partial charge on any atom is 0.0830 e. The van der Waals surface area contributed by atoms with E-state index in [2.05, 4.69) is 72.8 Å². The lowest BCUT2D eigenvalue weighted by Crippen LogP contribution is -2.02. The Balaban J connectivity index is 2.13. The zero-order valence-electron chi connectivity index (χ0n) is 10.7. The van der Waals surface area contributed by atoms with Crippen LogP contribution in [0.5, 0.6) is 0 Å². The zero-order valence-corrected chi connectivity index (χ0v) is 12.8. The first-order chi connectivity index (χ1) is 8.56. The Kier molecular flexibility index (Phi) is 4.40. The number of benzene rings is 2. The SMILES string of the molecule is Cc1ccc(C(O)Cc2ccc(I)cc2)cc1C. The van der Waals surface area contributed by atoms with Crippen molar-refractivity contribution in [3.8, 4) is 0 Å². The van der Waals surface area contributed by atoms with E-state index in [0.29, 0.717) is 6.42 Å². The number of aliphatic hydroxyl groups excluding tert-OH is 1. The van der Waals surface area contributed by atoms with Crippen molar-refractivity contribution in [2.45, 2.75) is 26.4 Å². The van der Waals surface area contributed by atoms with Crippen molar-refractivity contribution >= 4 is 22.6 Å². The molecule has 0 aromatic heterocycles. The van der Waals surface area contributed by atoms with E-state index in [0.717, 1.165) is 5.56 Å². The third-order valence-corrected chi connectivity index (χ3v) is 3.98. The van der Waals surface area contributed by atoms with Crippen LogP contribution in [0, 0.1) is 17.4 Å². The van der Waals surface area contributed by atoms with Crippen LogP contribution < -0.4 is 0 Å². The molecule has 0 saturated heterocycles. The largest absolute Gasteiger partial charge is 0.388 e. The van der Waals surface area contributed by atoms with Gasteiger partial charge in [0.05, 0.1) is 6.10 Å². The highest BCUT2D eigenvalue weighted by atomic mass is 127. The summed E-state index contributed by atoms with van der Waals surface area (Å²) < 4.78 is 1.22. The first-order valence-electron chi connectivity index (χ1n) is 6.06. The van der Waals surface area contributed by atoms with Crippen LogP contribution in [0.1, 0.15) is 28.4 Å². The van der Waals surface area contributed by atoms with E-state index >= 15 is 0 Å². The zero-order chi connectivity index (χ0) is 13.1. The second-order valence-electron chi connectivity index (χ2n) is 4.69. The number of aliphatic hydroxyl groups is 1. The summed E-state index contributed by atoms with van der Waals surface area (Å²) in [6.45, 7) is 4.17. The van der Waals surface area contributed by atoms with Crippen LogP contribution in [-0.2, 0) is 6.42 Å². The minimum atomic E-state index is -0.427. The van der Waals surface area contributed by atoms with Gasteiger partial charge in [-0.3, -0.25) is 0 Å². The monoisotopic (exact) mass is 352 g/mol. The third-order valence-electron chi connectivity index (χ3n) is 3.26. The molecule has 1 unspecified atom stereocenters. The first kappa shape index (κ1) is 13.6. The number of aryl methyl sites for hydroxylation is 2. The normalized spacial score (nSPS) is 12.4. The molecular weight excluding hydrogens is 335 g/mol. The average molecular weight is 352 g/mol. The van der Waals surface area contributed by atoms with Gasteiger partial charge in [-0.25, -0.2) is 0 Å². The van der Waals surface area contributed by atoms with Crippen LogP contribution in [0.3, 0.4) is 0 Å². The van der Waals surface area contributed by atoms with Gasteiger partial charge in [0.1, 0.15) is 0 Å². The minimum Gasteiger partial charge on any atom is -0.388 e. The highest BCUT2D eigenvalue weighted by Crippen LogP contribution is 2.21. The lowest BCUT2D eigenvalue weighted by molar-refractivity contribution is 0.178. The van der Waals surface area contributed by atoms with E-state index < -0.39 is 6.10 Å². The van der Waals surface area contributed by atoms with Gasteiger partial charge in [-0.2, -0.15) is 0 Å². The van der Waals surface area contributed by atoms with E-state index in [1.54, 1.807) is 0 Å². The van der Waals surface area contributed by atoms with Crippen LogP contribution in [0.25, 0.3) is 0 Å². The molecule has 1 nitrogen and oxygen atoms in total. The van der Waals surface area contributed by atoms with E-state index in [1.807, 2.05) is 6.07 Å². The fraction of sp³-hybridized carbons (Fsp3) is 0.250. The summed E-state index contributed by atoms with van der Waals surface area (Å²) >= 11 is 2.29. The number of rotatable bonds is 3. The van der Waals surface area contributed by atoms with E-state index in [9.17, 15) is 5.11 Å². The molecule has 0 aliphatic carbocycles. The molecule has 18 heavy (non-hydrogen) atoms. The Morgan fingerprint density at radius 3 is 2.28 bits per heavy atom. The second-order valence-corrected chi connectivity index (χ2v) is 5.94. The Labute approximate surface area is 122 Å². The Morgan fingerprint density at radius 2 is 1.67 bits per heavy atom. The van der Waals surface area contributed by atoms with Crippen LogP contribution in [0.15, 0.2) is 42.5 Å². The fourth-order valence-corrected chi connectivity index (χ4v) is 2.29. The highest BCUT2D eigenvalue weighted by molar-refractivity contribution is 14.1. The van der Waals surface area contributed by atoms with Gasteiger partial charge in [0, 0.05) is 9.99 Å². The molecule has 2 heteroatoms. The van der Waals surface area contributed by atoms with Crippen LogP contribution in [-0.4, -0.2) is 5.11 Å². The van der Waals surface area contributed by atoms with Gasteiger partial charge in [0.2, 0.25) is 0 Å². The summed E-state index contributed by atoms with van der Waals surface area (Å²) in [5.74, 6) is 0. The predicted octanol–water partition coefficient (Wildman–Crippen LogP) is 4.18. The number of hydrogen-bond donors (Lipinski definition) is 1. The van der Waals surface area contributed by atoms with Gasteiger partial charge in [0.15, 0.2) is 0 Å². The lowest BCUT2D eigenvalue weighted by Gasteiger charge is -2.13. The van der Waals surface area contributed by atoms with Gasteiger partial charge >= 0.3 is 0 Å². The highest BCUT2D eigenvalue weighted by Gasteiger charge is 2.09. The molecule has 0 radical (unpaired) electrons. The van der Waals surface area contributed by atoms with Gasteiger partial charge in [-0.1, -0.05) is 30.3 Å². The quantitative estimate of drug-likeness (QED) is 0.822. The standard InChI is InChI=1S/C16H17IO/c1-11-3-6-14(9-12(11)2)16(18)10-13-4-7-15(17)8-5-13/h3-9,16,18H,10H2,1-2H3. The maximum atomic E-state index is 10.3. The van der Waals surface area contributed by atoms with Gasteiger partial charge in [-0.15, -0.1) is 0 Å². The summed E-state index contributed by atoms with van der Waals surface area (Å²) in [7, 11) is 0. The van der Waals surface area contributed by atoms with Gasteiger partial charge in [-0.05, 0) is 70.8 Å². The molecule has 0 aliphatic heterocycles. The van der Waals surface area contributed by atoms with Crippen molar-refractivity contribution < 1.29 is 5.11 Å². The first-order valence-corrected chi connectivity index (χ1v) is 7.14. The van der Waals surface area contributed by atoms with Crippen LogP contribution in [0.4, 0.5) is 0 Å². The summed E-state index contributed by atoms with van der Waals surface area (Å²) in [5.41, 5.74) is 4.66. The van der Waals surface area contributed by atoms with E-state index in [4.69, 9.17) is 0 Å². The van der Waals surface area contributed by atoms with Crippen molar-refractivity contribution in [1.82, 2.24) is 0 Å². The smallest absolute Gasteiger partial charge is 0.0830 e. The topological polar surface area (TPSA) is 20.2 Å². The Hall–Kier alpha value is -0.870. The van der Waals surface area contributed by atoms with Crippen LogP contribution >= 0.6 is 22.6 Å². The number of halogens is 1. The molecule has 2 aromatic rings. The molecular formula is C16H17IO. The summed E-state index contributed by atoms with van der Waals surface area (Å²) in [5, 5.41) is 10.3. The molecule has 2 aromatic carbocycles. The van der Waals surface area contributed by atoms with Crippen molar-refractivity contribution in [2.24, 2.45) is 0 Å². The van der Waals surface area contributed by atoms with Crippen molar-refractivity contribution in [3.63, 3.8) is 0 Å². The van der Waals surface area contributed by atoms with Crippen molar-refractivity contribution in [1.29, 1.82) is 0 Å². The molecule has 0 amide bonds. The predicted molar refractivity (Wildman–Crippen MR) is 83.7 cm³/mol. The van der Waals surface area contributed by atoms with Crippen LogP contribution in [0.2, 0.25) is 0 Å². The lowest BCUT2D eigenvalue weighted by atomic mass is 9.98. The van der Waals surface area contributed by atoms with Crippen molar-refractivity contribution in [2.75, 3.05) is 0 Å². The maximum absolute atomic E-state index is 10.3. The summed E-state index contributed by atoms with van der Waals surface area (Å²) in [6, 6.07) is 14.5. The summed E-state index contributed by atoms with van der Waals surface area (Å²) in [6.07, 6.45) is 0.240. The molecule has 2 rings (SSSR count). The average Bonchev–Trinajstić information content (AvgIpc) is 2.35. The minimum absolute atomic E-state index is 0.427. The second kappa shape index (κ2) is 5.85. The summed E-state index contributed by atoms with van der Waals surface area (Å²) in [4.78, 5) is 0. The Morgan fingerprint density at radius 1 is 1.00 bits per heavy atom. The Bertz CT molecular complexity index is 531. The molecule has 0 bridgehead atoms. The van der Waals surface area contributed by atoms with Gasteiger partial charge < -0.3 is 5.11 Å². The van der Waals surface area contributed by atoms with E-state index in [1.165, 1.54) is 20.3 Å². The molecule has 0 fully saturated rings. The number of hydrogen-bond acceptors (Lipinski definition) is 1. The molecule has 94 valence electrons. The molecule has 0 heterocycles. The molecule has 1 N–H and O–H groups in total. The molecule has 1 atom stereocenters. The molecule has 0 saturated carbocycles. The van der Waals surface area contributed by atoms with Crippen molar-refractivity contribution in [3.05, 3.63) is 68.3 Å². The fourth-order valence-electron chi connectivity index (χ4n) is 1.93. The van der Waals surface area contributed by atoms with Gasteiger partial charge in [0.25, 0.3) is 0 Å². The van der Waals surface area contributed by atoms with E-state index in [-0.39, 0.29) is 0 Å². The third kappa shape index (κ3) is 3.33. The molecule has 0 aliphatic rings. The molecule has 0 spiro atoms.